The Labute approximate surface area is 127 Å². The molecule has 108 valence electrons. The van der Waals surface area contributed by atoms with Crippen molar-refractivity contribution in [2.45, 2.75) is 25.1 Å². The van der Waals surface area contributed by atoms with E-state index in [1.54, 1.807) is 19.1 Å². The highest BCUT2D eigenvalue weighted by Crippen LogP contribution is 2.33. The van der Waals surface area contributed by atoms with E-state index in [4.69, 9.17) is 11.6 Å². The van der Waals surface area contributed by atoms with Crippen LogP contribution in [0.1, 0.15) is 34.1 Å². The van der Waals surface area contributed by atoms with Crippen molar-refractivity contribution in [1.82, 2.24) is 0 Å². The van der Waals surface area contributed by atoms with Gasteiger partial charge in [0.1, 0.15) is 5.82 Å². The van der Waals surface area contributed by atoms with Gasteiger partial charge in [0.25, 0.3) is 0 Å². The summed E-state index contributed by atoms with van der Waals surface area (Å²) in [7, 11) is 0. The number of anilines is 1. The van der Waals surface area contributed by atoms with E-state index >= 15 is 0 Å². The Morgan fingerprint density at radius 3 is 2.62 bits per heavy atom. The Hall–Kier alpha value is -1.87. The lowest BCUT2D eigenvalue weighted by Crippen LogP contribution is -2.19. The number of fused-ring (bicyclic) bond motifs is 1. The molecule has 0 aromatic heterocycles. The average Bonchev–Trinajstić information content (AvgIpc) is 2.49. The van der Waals surface area contributed by atoms with E-state index in [0.29, 0.717) is 12.0 Å². The fourth-order valence-electron chi connectivity index (χ4n) is 2.58. The number of hydrogen-bond acceptors (Lipinski definition) is 1. The topological polar surface area (TPSA) is 29.1 Å². The summed E-state index contributed by atoms with van der Waals surface area (Å²) in [5.74, 6) is -0.178. The Kier molecular flexibility index (Phi) is 3.68. The quantitative estimate of drug-likeness (QED) is 0.821. The van der Waals surface area contributed by atoms with Crippen molar-refractivity contribution < 1.29 is 9.18 Å². The highest BCUT2D eigenvalue weighted by Gasteiger charge is 2.18. The molecule has 0 saturated carbocycles. The maximum Gasteiger partial charge on any atom is 0.224 e. The number of rotatable bonds is 2. The zero-order valence-corrected chi connectivity index (χ0v) is 12.4. The van der Waals surface area contributed by atoms with Gasteiger partial charge in [-0.15, -0.1) is 11.6 Å². The summed E-state index contributed by atoms with van der Waals surface area (Å²) in [5.41, 5.74) is 4.36. The second-order valence-corrected chi connectivity index (χ2v) is 5.77. The van der Waals surface area contributed by atoms with Gasteiger partial charge in [-0.2, -0.15) is 0 Å². The lowest BCUT2D eigenvalue weighted by Gasteiger charge is -2.19. The minimum absolute atomic E-state index is 0.0480. The smallest absolute Gasteiger partial charge is 0.224 e. The number of carbonyl (C=O) groups excluding carboxylic acids is 1. The highest BCUT2D eigenvalue weighted by atomic mass is 35.5. The van der Waals surface area contributed by atoms with Gasteiger partial charge in [-0.3, -0.25) is 4.79 Å². The van der Waals surface area contributed by atoms with Crippen molar-refractivity contribution in [2.24, 2.45) is 0 Å². The third-order valence-electron chi connectivity index (χ3n) is 3.79. The maximum atomic E-state index is 13.3. The van der Waals surface area contributed by atoms with Crippen LogP contribution < -0.4 is 5.32 Å². The molecule has 1 unspecified atom stereocenters. The number of amides is 1. The minimum atomic E-state index is -0.327. The SMILES string of the molecule is Cc1cc(C(Cl)c2ccc3c(c2)CCC(=O)N3)ccc1F. The molecule has 2 aromatic rings. The number of aryl methyl sites for hydroxylation is 2. The molecule has 1 heterocycles. The zero-order chi connectivity index (χ0) is 15.0. The molecule has 0 fully saturated rings. The predicted molar refractivity (Wildman–Crippen MR) is 82.2 cm³/mol. The third kappa shape index (κ3) is 2.79. The molecule has 4 heteroatoms. The molecule has 2 aromatic carbocycles. The van der Waals surface area contributed by atoms with Crippen LogP contribution in [-0.4, -0.2) is 5.91 Å². The molecule has 1 atom stereocenters. The Morgan fingerprint density at radius 2 is 1.86 bits per heavy atom. The molecule has 0 radical (unpaired) electrons. The summed E-state index contributed by atoms with van der Waals surface area (Å²) < 4.78 is 13.3. The largest absolute Gasteiger partial charge is 0.326 e. The van der Waals surface area contributed by atoms with Crippen molar-refractivity contribution in [2.75, 3.05) is 5.32 Å². The monoisotopic (exact) mass is 303 g/mol. The van der Waals surface area contributed by atoms with Gasteiger partial charge < -0.3 is 5.32 Å². The lowest BCUT2D eigenvalue weighted by atomic mass is 9.96. The molecular weight excluding hydrogens is 289 g/mol. The Morgan fingerprint density at radius 1 is 1.14 bits per heavy atom. The second kappa shape index (κ2) is 5.49. The molecule has 0 saturated heterocycles. The van der Waals surface area contributed by atoms with Crippen molar-refractivity contribution in [3.05, 3.63) is 64.5 Å². The Balaban J connectivity index is 1.93. The first-order valence-electron chi connectivity index (χ1n) is 6.87. The predicted octanol–water partition coefficient (Wildman–Crippen LogP) is 4.35. The van der Waals surface area contributed by atoms with Crippen LogP contribution in [0.3, 0.4) is 0 Å². The van der Waals surface area contributed by atoms with E-state index in [2.05, 4.69) is 5.32 Å². The standard InChI is InChI=1S/C17H15ClFNO/c1-10-8-12(2-5-14(10)19)17(18)13-3-6-15-11(9-13)4-7-16(21)20-15/h2-3,5-6,8-9,17H,4,7H2,1H3,(H,20,21). The average molecular weight is 304 g/mol. The molecule has 0 spiro atoms. The molecule has 21 heavy (non-hydrogen) atoms. The lowest BCUT2D eigenvalue weighted by molar-refractivity contribution is -0.116. The number of nitrogens with one attached hydrogen (secondary N) is 1. The van der Waals surface area contributed by atoms with Gasteiger partial charge in [-0.25, -0.2) is 4.39 Å². The maximum absolute atomic E-state index is 13.3. The van der Waals surface area contributed by atoms with Crippen LogP contribution in [0.25, 0.3) is 0 Å². The van der Waals surface area contributed by atoms with Crippen molar-refractivity contribution in [3.8, 4) is 0 Å². The normalized spacial score (nSPS) is 15.3. The first-order valence-corrected chi connectivity index (χ1v) is 7.31. The van der Waals surface area contributed by atoms with Crippen LogP contribution >= 0.6 is 11.6 Å². The Bertz CT molecular complexity index is 714. The molecule has 1 aliphatic rings. The number of alkyl halides is 1. The van der Waals surface area contributed by atoms with Gasteiger partial charge >= 0.3 is 0 Å². The van der Waals surface area contributed by atoms with Crippen LogP contribution in [0.2, 0.25) is 0 Å². The number of hydrogen-bond donors (Lipinski definition) is 1. The van der Waals surface area contributed by atoms with Crippen LogP contribution in [-0.2, 0) is 11.2 Å². The van der Waals surface area contributed by atoms with Crippen molar-refractivity contribution in [1.29, 1.82) is 0 Å². The molecule has 0 aliphatic carbocycles. The summed E-state index contributed by atoms with van der Waals surface area (Å²) in [6.07, 6.45) is 1.22. The van der Waals surface area contributed by atoms with E-state index in [1.807, 2.05) is 18.2 Å². The van der Waals surface area contributed by atoms with Gasteiger partial charge in [-0.1, -0.05) is 24.3 Å². The van der Waals surface area contributed by atoms with Gasteiger partial charge in [0.05, 0.1) is 5.38 Å². The molecule has 2 nitrogen and oxygen atoms in total. The van der Waals surface area contributed by atoms with Gasteiger partial charge in [0, 0.05) is 12.1 Å². The molecule has 1 aliphatic heterocycles. The van der Waals surface area contributed by atoms with Gasteiger partial charge in [-0.05, 0) is 47.7 Å². The summed E-state index contributed by atoms with van der Waals surface area (Å²) >= 11 is 6.52. The summed E-state index contributed by atoms with van der Waals surface area (Å²) in [5, 5.41) is 2.52. The van der Waals surface area contributed by atoms with Gasteiger partial charge in [0.15, 0.2) is 0 Å². The molecular formula is C17H15ClFNO. The van der Waals surface area contributed by atoms with E-state index < -0.39 is 0 Å². The molecule has 0 bridgehead atoms. The van der Waals surface area contributed by atoms with E-state index in [0.717, 1.165) is 28.8 Å². The molecule has 3 rings (SSSR count). The number of benzene rings is 2. The second-order valence-electron chi connectivity index (χ2n) is 5.34. The van der Waals surface area contributed by atoms with Crippen LogP contribution in [0, 0.1) is 12.7 Å². The van der Waals surface area contributed by atoms with E-state index in [-0.39, 0.29) is 17.1 Å². The van der Waals surface area contributed by atoms with Gasteiger partial charge in [0.2, 0.25) is 5.91 Å². The van der Waals surface area contributed by atoms with Crippen LogP contribution in [0.4, 0.5) is 10.1 Å². The van der Waals surface area contributed by atoms with Crippen LogP contribution in [0.15, 0.2) is 36.4 Å². The van der Waals surface area contributed by atoms with E-state index in [1.165, 1.54) is 6.07 Å². The number of halogens is 2. The first kappa shape index (κ1) is 14.1. The minimum Gasteiger partial charge on any atom is -0.326 e. The fourth-order valence-corrected chi connectivity index (χ4v) is 2.85. The molecule has 1 amide bonds. The fraction of sp³-hybridized carbons (Fsp3) is 0.235. The first-order chi connectivity index (χ1) is 10.0. The summed E-state index contributed by atoms with van der Waals surface area (Å²) in [6.45, 7) is 1.73. The number of carbonyl (C=O) groups is 1. The summed E-state index contributed by atoms with van der Waals surface area (Å²) in [4.78, 5) is 11.4. The highest BCUT2D eigenvalue weighted by molar-refractivity contribution is 6.22. The van der Waals surface area contributed by atoms with Crippen molar-refractivity contribution in [3.63, 3.8) is 0 Å². The third-order valence-corrected chi connectivity index (χ3v) is 4.30. The van der Waals surface area contributed by atoms with Crippen LogP contribution in [0.5, 0.6) is 0 Å². The zero-order valence-electron chi connectivity index (χ0n) is 11.6. The molecule has 1 N–H and O–H groups in total. The van der Waals surface area contributed by atoms with Crippen molar-refractivity contribution >= 4 is 23.2 Å². The van der Waals surface area contributed by atoms with E-state index in [9.17, 15) is 9.18 Å². The summed E-state index contributed by atoms with van der Waals surface area (Å²) in [6, 6.07) is 10.7.